The Morgan fingerprint density at radius 1 is 1.57 bits per heavy atom. The second kappa shape index (κ2) is 4.47. The molecule has 0 aliphatic carbocycles. The molecule has 0 saturated carbocycles. The average molecular weight is 233 g/mol. The fourth-order valence-corrected chi connectivity index (χ4v) is 1.77. The molecule has 0 bridgehead atoms. The summed E-state index contributed by atoms with van der Waals surface area (Å²) in [4.78, 5) is 18.3. The molecule has 5 nitrogen and oxygen atoms in total. The number of aryl methyl sites for hydroxylation is 1. The van der Waals surface area contributed by atoms with Crippen molar-refractivity contribution in [2.75, 3.05) is 11.5 Å². The molecule has 0 unspecified atom stereocenters. The number of rotatable bonds is 3. The minimum atomic E-state index is -0.429. The van der Waals surface area contributed by atoms with Crippen molar-refractivity contribution in [3.8, 4) is 0 Å². The third kappa shape index (κ3) is 2.74. The Labute approximate surface area is 90.2 Å². The fraction of sp³-hybridized carbons (Fsp3) is 0.286. The van der Waals surface area contributed by atoms with Crippen LogP contribution in [0.1, 0.15) is 5.69 Å². The normalized spacial score (nSPS) is 10.1. The molecule has 7 heteroatoms. The molecule has 0 aliphatic heterocycles. The van der Waals surface area contributed by atoms with Crippen LogP contribution >= 0.6 is 23.4 Å². The number of carbonyl (C=O) groups is 1. The standard InChI is InChI=1S/C7H9ClN4OS/c1-3-5(10)6(12-7(8)11-3)14-2-4(9)13/h2,10H2,1H3,(H2,9,13). The number of aromatic nitrogens is 2. The van der Waals surface area contributed by atoms with Gasteiger partial charge in [-0.25, -0.2) is 9.97 Å². The van der Waals surface area contributed by atoms with E-state index in [9.17, 15) is 4.79 Å². The van der Waals surface area contributed by atoms with Crippen LogP contribution in [0.15, 0.2) is 5.03 Å². The van der Waals surface area contributed by atoms with Crippen LogP contribution in [0.5, 0.6) is 0 Å². The van der Waals surface area contributed by atoms with Gasteiger partial charge in [-0.1, -0.05) is 11.8 Å². The SMILES string of the molecule is Cc1nc(Cl)nc(SCC(N)=O)c1N. The topological polar surface area (TPSA) is 94.9 Å². The largest absolute Gasteiger partial charge is 0.395 e. The van der Waals surface area contributed by atoms with Crippen molar-refractivity contribution in [1.82, 2.24) is 9.97 Å². The number of halogens is 1. The lowest BCUT2D eigenvalue weighted by molar-refractivity contribution is -0.115. The second-order valence-corrected chi connectivity index (χ2v) is 3.85. The number of nitrogens with two attached hydrogens (primary N) is 2. The summed E-state index contributed by atoms with van der Waals surface area (Å²) in [6, 6.07) is 0. The van der Waals surface area contributed by atoms with Crippen molar-refractivity contribution in [3.63, 3.8) is 0 Å². The number of nitrogen functional groups attached to an aromatic ring is 1. The van der Waals surface area contributed by atoms with E-state index in [1.807, 2.05) is 0 Å². The van der Waals surface area contributed by atoms with E-state index in [1.54, 1.807) is 6.92 Å². The summed E-state index contributed by atoms with van der Waals surface area (Å²) in [6.45, 7) is 1.72. The van der Waals surface area contributed by atoms with Gasteiger partial charge in [-0.2, -0.15) is 0 Å². The monoisotopic (exact) mass is 232 g/mol. The van der Waals surface area contributed by atoms with Gasteiger partial charge in [0.2, 0.25) is 11.2 Å². The number of amides is 1. The predicted octanol–water partition coefficient (Wildman–Crippen LogP) is 0.598. The van der Waals surface area contributed by atoms with Crippen molar-refractivity contribution < 1.29 is 4.79 Å². The molecular weight excluding hydrogens is 224 g/mol. The zero-order valence-corrected chi connectivity index (χ0v) is 9.02. The first kappa shape index (κ1) is 11.1. The van der Waals surface area contributed by atoms with Crippen LogP contribution in [-0.4, -0.2) is 21.6 Å². The van der Waals surface area contributed by atoms with Crippen LogP contribution < -0.4 is 11.5 Å². The third-order valence-corrected chi connectivity index (χ3v) is 2.61. The maximum absolute atomic E-state index is 10.5. The molecule has 1 rings (SSSR count). The number of nitrogens with zero attached hydrogens (tertiary/aromatic N) is 2. The number of thioether (sulfide) groups is 1. The second-order valence-electron chi connectivity index (χ2n) is 2.55. The maximum atomic E-state index is 10.5. The summed E-state index contributed by atoms with van der Waals surface area (Å²) in [6.07, 6.45) is 0. The van der Waals surface area contributed by atoms with E-state index in [0.29, 0.717) is 16.4 Å². The number of carbonyl (C=O) groups excluding carboxylic acids is 1. The van der Waals surface area contributed by atoms with E-state index in [0.717, 1.165) is 11.8 Å². The Morgan fingerprint density at radius 3 is 2.79 bits per heavy atom. The molecule has 1 heterocycles. The van der Waals surface area contributed by atoms with Crippen molar-refractivity contribution in [1.29, 1.82) is 0 Å². The number of hydrogen-bond acceptors (Lipinski definition) is 5. The van der Waals surface area contributed by atoms with Gasteiger partial charge in [-0.05, 0) is 18.5 Å². The minimum absolute atomic E-state index is 0.115. The van der Waals surface area contributed by atoms with Gasteiger partial charge in [0.15, 0.2) is 0 Å². The molecule has 0 spiro atoms. The van der Waals surface area contributed by atoms with Gasteiger partial charge in [0.05, 0.1) is 17.1 Å². The number of hydrogen-bond donors (Lipinski definition) is 2. The van der Waals surface area contributed by atoms with Crippen molar-refractivity contribution in [2.45, 2.75) is 11.9 Å². The zero-order valence-electron chi connectivity index (χ0n) is 7.45. The Bertz CT molecular complexity index is 371. The molecular formula is C7H9ClN4OS. The van der Waals surface area contributed by atoms with E-state index in [4.69, 9.17) is 23.1 Å². The van der Waals surface area contributed by atoms with Crippen LogP contribution in [0.2, 0.25) is 5.28 Å². The Kier molecular flexibility index (Phi) is 3.54. The average Bonchev–Trinajstić information content (AvgIpc) is 2.08. The molecule has 0 saturated heterocycles. The van der Waals surface area contributed by atoms with E-state index in [2.05, 4.69) is 9.97 Å². The lowest BCUT2D eigenvalue weighted by Crippen LogP contribution is -2.13. The summed E-state index contributed by atoms with van der Waals surface area (Å²) >= 11 is 6.78. The predicted molar refractivity (Wildman–Crippen MR) is 56.1 cm³/mol. The van der Waals surface area contributed by atoms with Gasteiger partial charge < -0.3 is 11.5 Å². The molecule has 0 aliphatic rings. The number of primary amides is 1. The molecule has 14 heavy (non-hydrogen) atoms. The summed E-state index contributed by atoms with van der Waals surface area (Å²) in [7, 11) is 0. The molecule has 1 aromatic heterocycles. The molecule has 4 N–H and O–H groups in total. The summed E-state index contributed by atoms with van der Waals surface area (Å²) in [5.41, 5.74) is 11.7. The van der Waals surface area contributed by atoms with Crippen LogP contribution in [0.25, 0.3) is 0 Å². The molecule has 0 atom stereocenters. The highest BCUT2D eigenvalue weighted by molar-refractivity contribution is 8.00. The van der Waals surface area contributed by atoms with Crippen LogP contribution in [0.4, 0.5) is 5.69 Å². The quantitative estimate of drug-likeness (QED) is 0.452. The van der Waals surface area contributed by atoms with Gasteiger partial charge in [0, 0.05) is 0 Å². The molecule has 1 aromatic rings. The first-order chi connectivity index (χ1) is 6.50. The van der Waals surface area contributed by atoms with Gasteiger partial charge in [0.25, 0.3) is 0 Å². The van der Waals surface area contributed by atoms with E-state index < -0.39 is 5.91 Å². The van der Waals surface area contributed by atoms with Crippen LogP contribution in [0.3, 0.4) is 0 Å². The van der Waals surface area contributed by atoms with E-state index >= 15 is 0 Å². The Balaban J connectivity index is 2.90. The zero-order chi connectivity index (χ0) is 10.7. The molecule has 0 aromatic carbocycles. The highest BCUT2D eigenvalue weighted by Gasteiger charge is 2.09. The molecule has 1 amide bonds. The molecule has 76 valence electrons. The maximum Gasteiger partial charge on any atom is 0.227 e. The van der Waals surface area contributed by atoms with Crippen LogP contribution in [-0.2, 0) is 4.79 Å². The first-order valence-corrected chi connectivity index (χ1v) is 5.07. The van der Waals surface area contributed by atoms with Crippen molar-refractivity contribution in [3.05, 3.63) is 11.0 Å². The van der Waals surface area contributed by atoms with Gasteiger partial charge >= 0.3 is 0 Å². The van der Waals surface area contributed by atoms with E-state index in [-0.39, 0.29) is 11.0 Å². The van der Waals surface area contributed by atoms with Gasteiger partial charge in [-0.3, -0.25) is 4.79 Å². The summed E-state index contributed by atoms with van der Waals surface area (Å²) in [5, 5.41) is 0.602. The highest BCUT2D eigenvalue weighted by Crippen LogP contribution is 2.25. The third-order valence-electron chi connectivity index (χ3n) is 1.43. The highest BCUT2D eigenvalue weighted by atomic mass is 35.5. The smallest absolute Gasteiger partial charge is 0.227 e. The molecule has 0 radical (unpaired) electrons. The van der Waals surface area contributed by atoms with Crippen molar-refractivity contribution in [2.24, 2.45) is 5.73 Å². The minimum Gasteiger partial charge on any atom is -0.395 e. The van der Waals surface area contributed by atoms with Gasteiger partial charge in [0.1, 0.15) is 5.03 Å². The van der Waals surface area contributed by atoms with Gasteiger partial charge in [-0.15, -0.1) is 0 Å². The van der Waals surface area contributed by atoms with Crippen molar-refractivity contribution >= 4 is 35.0 Å². The first-order valence-electron chi connectivity index (χ1n) is 3.71. The lowest BCUT2D eigenvalue weighted by atomic mass is 10.4. The Morgan fingerprint density at radius 2 is 2.21 bits per heavy atom. The molecule has 0 fully saturated rings. The lowest BCUT2D eigenvalue weighted by Gasteiger charge is -2.05. The number of anilines is 1. The Hall–Kier alpha value is -1.01. The summed E-state index contributed by atoms with van der Waals surface area (Å²) < 4.78 is 0. The van der Waals surface area contributed by atoms with Crippen LogP contribution in [0, 0.1) is 6.92 Å². The van der Waals surface area contributed by atoms with E-state index in [1.165, 1.54) is 0 Å². The summed E-state index contributed by atoms with van der Waals surface area (Å²) in [5.74, 6) is -0.307. The fourth-order valence-electron chi connectivity index (χ4n) is 0.772.